The molecule has 1 N–H and O–H groups in total. The minimum Gasteiger partial charge on any atom is -0.493 e. The van der Waals surface area contributed by atoms with Crippen molar-refractivity contribution < 1.29 is 9.47 Å². The third-order valence-electron chi connectivity index (χ3n) is 4.73. The van der Waals surface area contributed by atoms with Crippen LogP contribution in [0.3, 0.4) is 0 Å². The summed E-state index contributed by atoms with van der Waals surface area (Å²) < 4.78 is 10.7. The number of methoxy groups -OCH3 is 2. The fourth-order valence-corrected chi connectivity index (χ4v) is 3.28. The summed E-state index contributed by atoms with van der Waals surface area (Å²) in [4.78, 5) is 2.47. The monoisotopic (exact) mass is 292 g/mol. The van der Waals surface area contributed by atoms with Gasteiger partial charge in [-0.3, -0.25) is 0 Å². The third-order valence-corrected chi connectivity index (χ3v) is 4.73. The van der Waals surface area contributed by atoms with E-state index in [1.54, 1.807) is 14.2 Å². The van der Waals surface area contributed by atoms with Crippen molar-refractivity contribution in [3.63, 3.8) is 0 Å². The summed E-state index contributed by atoms with van der Waals surface area (Å²) in [5.74, 6) is 2.19. The Balaban J connectivity index is 2.19. The molecule has 3 atom stereocenters. The molecule has 1 heterocycles. The Bertz CT molecular complexity index is 464. The van der Waals surface area contributed by atoms with Crippen molar-refractivity contribution >= 4 is 5.69 Å². The van der Waals surface area contributed by atoms with Crippen LogP contribution in [0, 0.1) is 5.92 Å². The number of benzene rings is 1. The van der Waals surface area contributed by atoms with Gasteiger partial charge in [0.1, 0.15) is 0 Å². The molecule has 0 aromatic heterocycles. The molecule has 0 radical (unpaired) electrons. The van der Waals surface area contributed by atoms with E-state index in [0.717, 1.165) is 24.6 Å². The van der Waals surface area contributed by atoms with Crippen LogP contribution in [0.4, 0.5) is 5.69 Å². The van der Waals surface area contributed by atoms with Crippen molar-refractivity contribution in [2.45, 2.75) is 39.3 Å². The maximum Gasteiger partial charge on any atom is 0.162 e. The summed E-state index contributed by atoms with van der Waals surface area (Å²) in [6.45, 7) is 8.94. The lowest BCUT2D eigenvalue weighted by Gasteiger charge is -2.44. The minimum absolute atomic E-state index is 0.501. The van der Waals surface area contributed by atoms with E-state index in [9.17, 15) is 0 Å². The van der Waals surface area contributed by atoms with Crippen molar-refractivity contribution in [1.82, 2.24) is 5.32 Å². The number of ether oxygens (including phenoxy) is 2. The van der Waals surface area contributed by atoms with Crippen molar-refractivity contribution in [2.24, 2.45) is 5.92 Å². The molecule has 4 nitrogen and oxygen atoms in total. The predicted octanol–water partition coefficient (Wildman–Crippen LogP) is 2.92. The first kappa shape index (κ1) is 16.0. The first-order chi connectivity index (χ1) is 10.1. The van der Waals surface area contributed by atoms with E-state index in [1.165, 1.54) is 12.1 Å². The maximum absolute atomic E-state index is 5.43. The normalized spacial score (nSPS) is 25.8. The van der Waals surface area contributed by atoms with E-state index in [0.29, 0.717) is 18.0 Å². The third kappa shape index (κ3) is 3.26. The molecule has 2 rings (SSSR count). The topological polar surface area (TPSA) is 33.7 Å². The quantitative estimate of drug-likeness (QED) is 0.905. The van der Waals surface area contributed by atoms with Crippen LogP contribution < -0.4 is 19.7 Å². The van der Waals surface area contributed by atoms with Gasteiger partial charge in [0.15, 0.2) is 11.5 Å². The first-order valence-corrected chi connectivity index (χ1v) is 7.84. The molecule has 0 saturated carbocycles. The lowest BCUT2D eigenvalue weighted by atomic mass is 9.86. The second-order valence-electron chi connectivity index (χ2n) is 5.79. The first-order valence-electron chi connectivity index (χ1n) is 7.84. The van der Waals surface area contributed by atoms with Gasteiger partial charge in [-0.25, -0.2) is 0 Å². The number of piperidine rings is 1. The molecule has 4 heteroatoms. The van der Waals surface area contributed by atoms with Crippen LogP contribution >= 0.6 is 0 Å². The molecular weight excluding hydrogens is 264 g/mol. The fraction of sp³-hybridized carbons (Fsp3) is 0.647. The summed E-state index contributed by atoms with van der Waals surface area (Å²) in [5.41, 5.74) is 1.21. The number of anilines is 1. The summed E-state index contributed by atoms with van der Waals surface area (Å²) in [7, 11) is 3.36. The Morgan fingerprint density at radius 2 is 1.90 bits per heavy atom. The van der Waals surface area contributed by atoms with Crippen LogP contribution in [-0.2, 0) is 0 Å². The molecule has 1 aliphatic rings. The van der Waals surface area contributed by atoms with Crippen LogP contribution in [0.5, 0.6) is 11.5 Å². The molecular formula is C17H28N2O2. The molecule has 0 aliphatic carbocycles. The van der Waals surface area contributed by atoms with Gasteiger partial charge in [0.2, 0.25) is 0 Å². The van der Waals surface area contributed by atoms with Gasteiger partial charge in [0.25, 0.3) is 0 Å². The van der Waals surface area contributed by atoms with Crippen LogP contribution in [0.1, 0.15) is 27.2 Å². The molecule has 1 aromatic rings. The number of nitrogens with zero attached hydrogens (tertiary/aromatic N) is 1. The summed E-state index contributed by atoms with van der Waals surface area (Å²) in [6.07, 6.45) is 1.17. The lowest BCUT2D eigenvalue weighted by Crippen LogP contribution is -2.53. The second-order valence-corrected chi connectivity index (χ2v) is 5.79. The van der Waals surface area contributed by atoms with Crippen molar-refractivity contribution in [3.05, 3.63) is 18.2 Å². The number of hydrogen-bond acceptors (Lipinski definition) is 4. The molecule has 3 unspecified atom stereocenters. The zero-order chi connectivity index (χ0) is 15.4. The predicted molar refractivity (Wildman–Crippen MR) is 87.6 cm³/mol. The van der Waals surface area contributed by atoms with Crippen LogP contribution in [-0.4, -0.2) is 39.4 Å². The van der Waals surface area contributed by atoms with E-state index in [4.69, 9.17) is 9.47 Å². The Kier molecular flexibility index (Phi) is 5.34. The summed E-state index contributed by atoms with van der Waals surface area (Å²) in [5, 5.41) is 3.61. The number of hydrogen-bond donors (Lipinski definition) is 1. The minimum atomic E-state index is 0.501. The van der Waals surface area contributed by atoms with E-state index in [1.807, 2.05) is 6.07 Å². The van der Waals surface area contributed by atoms with Crippen LogP contribution in [0.2, 0.25) is 0 Å². The number of nitrogens with one attached hydrogen (secondary N) is 1. The molecule has 0 amide bonds. The fourth-order valence-electron chi connectivity index (χ4n) is 3.28. The maximum atomic E-state index is 5.43. The van der Waals surface area contributed by atoms with Gasteiger partial charge in [0.05, 0.1) is 14.2 Å². The van der Waals surface area contributed by atoms with Gasteiger partial charge in [-0.05, 0) is 37.9 Å². The Hall–Kier alpha value is -1.42. The Morgan fingerprint density at radius 1 is 1.19 bits per heavy atom. The number of rotatable bonds is 5. The highest BCUT2D eigenvalue weighted by Crippen LogP contribution is 2.35. The van der Waals surface area contributed by atoms with E-state index >= 15 is 0 Å². The lowest BCUT2D eigenvalue weighted by molar-refractivity contribution is 0.274. The van der Waals surface area contributed by atoms with Gasteiger partial charge in [0, 0.05) is 30.4 Å². The summed E-state index contributed by atoms with van der Waals surface area (Å²) >= 11 is 0. The van der Waals surface area contributed by atoms with E-state index < -0.39 is 0 Å². The van der Waals surface area contributed by atoms with Gasteiger partial charge < -0.3 is 19.7 Å². The molecule has 1 aliphatic heterocycles. The second kappa shape index (κ2) is 7.03. The molecule has 1 aromatic carbocycles. The smallest absolute Gasteiger partial charge is 0.162 e. The van der Waals surface area contributed by atoms with Crippen molar-refractivity contribution in [2.75, 3.05) is 32.2 Å². The Morgan fingerprint density at radius 3 is 2.52 bits per heavy atom. The average molecular weight is 292 g/mol. The van der Waals surface area contributed by atoms with Gasteiger partial charge in [-0.15, -0.1) is 0 Å². The van der Waals surface area contributed by atoms with Crippen molar-refractivity contribution in [3.8, 4) is 11.5 Å². The molecule has 1 saturated heterocycles. The SMILES string of the molecule is CCNC1CCN(c2ccc(OC)c(OC)c2)C(C)C1C. The van der Waals surface area contributed by atoms with Crippen molar-refractivity contribution in [1.29, 1.82) is 0 Å². The van der Waals surface area contributed by atoms with Crippen LogP contribution in [0.15, 0.2) is 18.2 Å². The highest BCUT2D eigenvalue weighted by atomic mass is 16.5. The zero-order valence-corrected chi connectivity index (χ0v) is 13.8. The largest absolute Gasteiger partial charge is 0.493 e. The highest BCUT2D eigenvalue weighted by Gasteiger charge is 2.32. The van der Waals surface area contributed by atoms with Gasteiger partial charge >= 0.3 is 0 Å². The van der Waals surface area contributed by atoms with Gasteiger partial charge in [-0.1, -0.05) is 13.8 Å². The Labute approximate surface area is 128 Å². The average Bonchev–Trinajstić information content (AvgIpc) is 2.51. The highest BCUT2D eigenvalue weighted by molar-refractivity contribution is 5.57. The molecule has 0 spiro atoms. The van der Waals surface area contributed by atoms with E-state index in [2.05, 4.69) is 43.1 Å². The summed E-state index contributed by atoms with van der Waals surface area (Å²) in [6, 6.07) is 7.30. The molecule has 118 valence electrons. The van der Waals surface area contributed by atoms with Gasteiger partial charge in [-0.2, -0.15) is 0 Å². The molecule has 0 bridgehead atoms. The molecule has 21 heavy (non-hydrogen) atoms. The standard InChI is InChI=1S/C17H28N2O2/c1-6-18-15-9-10-19(13(3)12(15)2)14-7-8-16(20-4)17(11-14)21-5/h7-8,11-13,15,18H,6,9-10H2,1-5H3. The zero-order valence-electron chi connectivity index (χ0n) is 13.8. The van der Waals surface area contributed by atoms with E-state index in [-0.39, 0.29) is 0 Å². The van der Waals surface area contributed by atoms with Crippen LogP contribution in [0.25, 0.3) is 0 Å². The molecule has 1 fully saturated rings.